The van der Waals surface area contributed by atoms with Crippen molar-refractivity contribution in [3.05, 3.63) is 120 Å². The molecule has 247 valence electrons. The average Bonchev–Trinajstić information content (AvgIpc) is 3.60. The van der Waals surface area contributed by atoms with Gasteiger partial charge in [0.1, 0.15) is 0 Å². The van der Waals surface area contributed by atoms with Crippen molar-refractivity contribution in [3.63, 3.8) is 0 Å². The summed E-state index contributed by atoms with van der Waals surface area (Å²) in [5.74, 6) is 1.16. The van der Waals surface area contributed by atoms with Crippen LogP contribution in [0.2, 0.25) is 19.6 Å². The molecule has 5 aromatic rings. The van der Waals surface area contributed by atoms with E-state index in [4.69, 9.17) is 4.98 Å². The maximum atomic E-state index is 4.72. The Morgan fingerprint density at radius 3 is 2.04 bits per heavy atom. The molecule has 0 bridgehead atoms. The molecule has 1 aliphatic carbocycles. The maximum absolute atomic E-state index is 4.72. The fraction of sp³-hybridized carbons (Fsp3) is 0.357. The molecule has 1 saturated carbocycles. The van der Waals surface area contributed by atoms with Crippen molar-refractivity contribution in [1.29, 1.82) is 0 Å². The smallest absolute Gasteiger partial charge is 0.0798 e. The molecule has 0 amide bonds. The second-order valence-corrected chi connectivity index (χ2v) is 20.0. The molecule has 0 atom stereocenters. The summed E-state index contributed by atoms with van der Waals surface area (Å²) in [7, 11) is -1.35. The second kappa shape index (κ2) is 15.8. The molecular formula is C42H49IrN3Si-2. The molecule has 3 nitrogen and oxygen atoms in total. The zero-order valence-electron chi connectivity index (χ0n) is 29.3. The van der Waals surface area contributed by atoms with Gasteiger partial charge in [-0.2, -0.15) is 11.6 Å². The molecule has 1 radical (unpaired) electrons. The zero-order valence-corrected chi connectivity index (χ0v) is 32.7. The van der Waals surface area contributed by atoms with Crippen LogP contribution >= 0.6 is 0 Å². The van der Waals surface area contributed by atoms with Crippen LogP contribution in [0.3, 0.4) is 0 Å². The minimum atomic E-state index is -1.35. The largest absolute Gasteiger partial charge is 0.321 e. The minimum Gasteiger partial charge on any atom is -0.321 e. The van der Waals surface area contributed by atoms with Crippen LogP contribution in [0.15, 0.2) is 91.5 Å². The van der Waals surface area contributed by atoms with Crippen molar-refractivity contribution in [2.45, 2.75) is 97.2 Å². The van der Waals surface area contributed by atoms with E-state index in [9.17, 15) is 0 Å². The molecule has 0 aliphatic heterocycles. The topological polar surface area (TPSA) is 38.7 Å². The number of hydrogen-bond acceptors (Lipinski definition) is 3. The predicted molar refractivity (Wildman–Crippen MR) is 197 cm³/mol. The third-order valence-electron chi connectivity index (χ3n) is 9.04. The van der Waals surface area contributed by atoms with Crippen LogP contribution < -0.4 is 5.19 Å². The maximum Gasteiger partial charge on any atom is 0.0798 e. The van der Waals surface area contributed by atoms with Gasteiger partial charge in [-0.15, -0.1) is 42.0 Å². The molecule has 0 N–H and O–H groups in total. The number of nitrogens with zero attached hydrogens (tertiary/aromatic N) is 3. The van der Waals surface area contributed by atoms with E-state index in [1.54, 1.807) is 11.8 Å². The van der Waals surface area contributed by atoms with E-state index in [0.29, 0.717) is 5.92 Å². The summed E-state index contributed by atoms with van der Waals surface area (Å²) in [5.41, 5.74) is 11.0. The fourth-order valence-corrected chi connectivity index (χ4v) is 7.91. The third-order valence-corrected chi connectivity index (χ3v) is 11.1. The van der Waals surface area contributed by atoms with Gasteiger partial charge in [-0.1, -0.05) is 109 Å². The third kappa shape index (κ3) is 9.22. The van der Waals surface area contributed by atoms with Crippen LogP contribution in [0.1, 0.15) is 88.8 Å². The van der Waals surface area contributed by atoms with Gasteiger partial charge in [0, 0.05) is 32.5 Å². The minimum absolute atomic E-state index is 0. The molecule has 1 fully saturated rings. The molecular weight excluding hydrogens is 767 g/mol. The van der Waals surface area contributed by atoms with Gasteiger partial charge in [0.05, 0.1) is 8.07 Å². The van der Waals surface area contributed by atoms with E-state index in [1.165, 1.54) is 53.1 Å². The van der Waals surface area contributed by atoms with Crippen molar-refractivity contribution in [3.8, 4) is 33.6 Å². The summed E-state index contributed by atoms with van der Waals surface area (Å²) in [6.45, 7) is 18.4. The second-order valence-electron chi connectivity index (χ2n) is 15.0. The number of aromatic nitrogens is 3. The summed E-state index contributed by atoms with van der Waals surface area (Å²) in [5, 5.41) is 1.53. The quantitative estimate of drug-likeness (QED) is 0.127. The van der Waals surface area contributed by atoms with Crippen molar-refractivity contribution in [2.24, 2.45) is 0 Å². The van der Waals surface area contributed by atoms with Gasteiger partial charge < -0.3 is 9.97 Å². The summed E-state index contributed by atoms with van der Waals surface area (Å²) in [6, 6.07) is 30.0. The molecule has 0 saturated heterocycles. The van der Waals surface area contributed by atoms with Crippen LogP contribution in [-0.2, 0) is 25.5 Å². The normalized spacial score (nSPS) is 13.6. The van der Waals surface area contributed by atoms with Gasteiger partial charge in [-0.05, 0) is 81.3 Å². The summed E-state index contributed by atoms with van der Waals surface area (Å²) < 4.78 is 0. The van der Waals surface area contributed by atoms with Crippen molar-refractivity contribution in [1.82, 2.24) is 15.0 Å². The summed E-state index contributed by atoms with van der Waals surface area (Å²) >= 11 is 0. The van der Waals surface area contributed by atoms with Crippen LogP contribution in [0.4, 0.5) is 0 Å². The SMILES string of the molecule is CC(C)c1cnc(-c2[c-]cccc2)cc1-c1ccc(C(C)(C)C)cc1.C[Si](C)(C)c1cnc(-c2[c-]cncc2)cc1C1CCCC1.[Ir]. The van der Waals surface area contributed by atoms with Crippen LogP contribution in [0.25, 0.3) is 33.6 Å². The Morgan fingerprint density at radius 2 is 1.47 bits per heavy atom. The van der Waals surface area contributed by atoms with E-state index >= 15 is 0 Å². The van der Waals surface area contributed by atoms with Gasteiger partial charge in [0.15, 0.2) is 0 Å². The van der Waals surface area contributed by atoms with Crippen LogP contribution in [0, 0.1) is 12.1 Å². The van der Waals surface area contributed by atoms with Crippen molar-refractivity contribution in [2.75, 3.05) is 0 Å². The van der Waals surface area contributed by atoms with E-state index in [-0.39, 0.29) is 25.5 Å². The molecule has 3 heterocycles. The first kappa shape index (κ1) is 36.6. The molecule has 3 aromatic heterocycles. The number of benzene rings is 2. The van der Waals surface area contributed by atoms with E-state index in [2.05, 4.69) is 125 Å². The van der Waals surface area contributed by atoms with Gasteiger partial charge >= 0.3 is 0 Å². The van der Waals surface area contributed by atoms with E-state index in [0.717, 1.165) is 28.4 Å². The summed E-state index contributed by atoms with van der Waals surface area (Å²) in [4.78, 5) is 13.5. The molecule has 1 aliphatic rings. The average molecular weight is 816 g/mol. The first-order chi connectivity index (χ1) is 21.9. The Bertz CT molecular complexity index is 1710. The molecule has 0 spiro atoms. The monoisotopic (exact) mass is 816 g/mol. The van der Waals surface area contributed by atoms with Crippen molar-refractivity contribution < 1.29 is 20.1 Å². The first-order valence-electron chi connectivity index (χ1n) is 16.8. The number of rotatable bonds is 6. The van der Waals surface area contributed by atoms with Gasteiger partial charge in [-0.25, -0.2) is 0 Å². The molecule has 47 heavy (non-hydrogen) atoms. The Hall–Kier alpha value is -3.24. The summed E-state index contributed by atoms with van der Waals surface area (Å²) in [6.07, 6.45) is 13.1. The number of hydrogen-bond donors (Lipinski definition) is 0. The molecule has 2 aromatic carbocycles. The molecule has 0 unspecified atom stereocenters. The van der Waals surface area contributed by atoms with Crippen molar-refractivity contribution >= 4 is 13.3 Å². The zero-order chi connectivity index (χ0) is 32.9. The Kier molecular flexibility index (Phi) is 12.3. The standard InChI is InChI=1S/C24H26N.C18H23N2Si.Ir/c1-17(2)22-16-25-23(19-9-7-6-8-10-19)15-21(22)18-11-13-20(14-12-18)24(3,4)5;1-21(2,3)18-13-20-17(15-8-10-19-11-9-15)12-16(18)14-6-4-5-7-14;/h6-9,11-17H,1-5H3;8,10-14H,4-7H2,1-3H3;/q2*-1;. The fourth-order valence-electron chi connectivity index (χ4n) is 6.32. The van der Waals surface area contributed by atoms with Gasteiger partial charge in [0.2, 0.25) is 0 Å². The van der Waals surface area contributed by atoms with E-state index < -0.39 is 8.07 Å². The van der Waals surface area contributed by atoms with Gasteiger partial charge in [0.25, 0.3) is 0 Å². The van der Waals surface area contributed by atoms with Gasteiger partial charge in [-0.3, -0.25) is 4.98 Å². The first-order valence-corrected chi connectivity index (χ1v) is 20.3. The Balaban J connectivity index is 0.000000211. The predicted octanol–water partition coefficient (Wildman–Crippen LogP) is 10.8. The molecule has 5 heteroatoms. The Labute approximate surface area is 298 Å². The van der Waals surface area contributed by atoms with E-state index in [1.807, 2.05) is 36.7 Å². The molecule has 6 rings (SSSR count). The van der Waals surface area contributed by atoms with Crippen LogP contribution in [0.5, 0.6) is 0 Å². The Morgan fingerprint density at radius 1 is 0.809 bits per heavy atom. The number of pyridine rings is 3. The van der Waals surface area contributed by atoms with Crippen LogP contribution in [-0.4, -0.2) is 23.0 Å².